The lowest BCUT2D eigenvalue weighted by Gasteiger charge is -2.20. The summed E-state index contributed by atoms with van der Waals surface area (Å²) in [5, 5.41) is 0. The van der Waals surface area contributed by atoms with Crippen molar-refractivity contribution in [3.8, 4) is 0 Å². The van der Waals surface area contributed by atoms with E-state index in [1.54, 1.807) is 11.3 Å². The molecular formula is C11H18ClNOS. The highest BCUT2D eigenvalue weighted by Gasteiger charge is 2.18. The summed E-state index contributed by atoms with van der Waals surface area (Å²) in [6.45, 7) is 4.87. The highest BCUT2D eigenvalue weighted by Crippen LogP contribution is 2.30. The van der Waals surface area contributed by atoms with Gasteiger partial charge in [-0.2, -0.15) is 0 Å². The largest absolute Gasteiger partial charge is 0.371 e. The van der Waals surface area contributed by atoms with E-state index in [2.05, 4.69) is 6.92 Å². The van der Waals surface area contributed by atoms with E-state index < -0.39 is 0 Å². The summed E-state index contributed by atoms with van der Waals surface area (Å²) < 4.78 is 6.56. The predicted octanol–water partition coefficient (Wildman–Crippen LogP) is 3.61. The summed E-state index contributed by atoms with van der Waals surface area (Å²) in [5.74, 6) is 0. The molecule has 0 spiro atoms. The van der Waals surface area contributed by atoms with E-state index >= 15 is 0 Å². The monoisotopic (exact) mass is 247 g/mol. The molecule has 86 valence electrons. The van der Waals surface area contributed by atoms with Gasteiger partial charge in [0.15, 0.2) is 0 Å². The average Bonchev–Trinajstić information content (AvgIpc) is 2.59. The summed E-state index contributed by atoms with van der Waals surface area (Å²) in [6.07, 6.45) is 2.19. The van der Waals surface area contributed by atoms with Gasteiger partial charge < -0.3 is 10.5 Å². The average molecular weight is 248 g/mol. The van der Waals surface area contributed by atoms with Crippen LogP contribution in [0.4, 0.5) is 0 Å². The quantitative estimate of drug-likeness (QED) is 0.780. The van der Waals surface area contributed by atoms with Crippen molar-refractivity contribution in [1.82, 2.24) is 0 Å². The number of unbranched alkanes of at least 4 members (excludes halogenated alkanes) is 1. The molecule has 0 aliphatic heterocycles. The summed E-state index contributed by atoms with van der Waals surface area (Å²) in [7, 11) is 0. The first-order valence-electron chi connectivity index (χ1n) is 5.27. The van der Waals surface area contributed by atoms with Crippen molar-refractivity contribution >= 4 is 22.9 Å². The van der Waals surface area contributed by atoms with Crippen molar-refractivity contribution in [2.24, 2.45) is 5.73 Å². The summed E-state index contributed by atoms with van der Waals surface area (Å²) in [6, 6.07) is 3.88. The molecule has 0 bridgehead atoms. The standard InChI is InChI=1S/C11H18ClNOS/c1-3-4-7-14-11(8(2)13)9-5-6-10(12)15-9/h5-6,8,11H,3-4,7,13H2,1-2H3. The molecule has 0 fully saturated rings. The van der Waals surface area contributed by atoms with E-state index in [-0.39, 0.29) is 12.1 Å². The van der Waals surface area contributed by atoms with Gasteiger partial charge >= 0.3 is 0 Å². The van der Waals surface area contributed by atoms with Crippen molar-refractivity contribution in [2.75, 3.05) is 6.61 Å². The molecule has 0 aromatic carbocycles. The lowest BCUT2D eigenvalue weighted by Crippen LogP contribution is -2.26. The number of hydrogen-bond donors (Lipinski definition) is 1. The van der Waals surface area contributed by atoms with Gasteiger partial charge in [-0.3, -0.25) is 0 Å². The van der Waals surface area contributed by atoms with Crippen LogP contribution in [-0.2, 0) is 4.74 Å². The minimum atomic E-state index is -0.0194. The Labute approximate surface area is 100 Å². The molecule has 0 saturated heterocycles. The Kier molecular flexibility index (Phi) is 5.61. The Bertz CT molecular complexity index is 288. The van der Waals surface area contributed by atoms with Crippen LogP contribution in [0, 0.1) is 0 Å². The third-order valence-electron chi connectivity index (χ3n) is 2.15. The van der Waals surface area contributed by atoms with Gasteiger partial charge in [0.25, 0.3) is 0 Å². The van der Waals surface area contributed by atoms with Gasteiger partial charge in [0.2, 0.25) is 0 Å². The predicted molar refractivity (Wildman–Crippen MR) is 66.6 cm³/mol. The van der Waals surface area contributed by atoms with Gasteiger partial charge in [-0.15, -0.1) is 11.3 Å². The topological polar surface area (TPSA) is 35.2 Å². The molecule has 0 saturated carbocycles. The van der Waals surface area contributed by atoms with Crippen molar-refractivity contribution in [1.29, 1.82) is 0 Å². The molecule has 2 nitrogen and oxygen atoms in total. The van der Waals surface area contributed by atoms with Crippen molar-refractivity contribution < 1.29 is 4.74 Å². The van der Waals surface area contributed by atoms with E-state index in [0.717, 1.165) is 28.7 Å². The normalized spacial score (nSPS) is 15.2. The number of nitrogens with two attached hydrogens (primary N) is 1. The van der Waals surface area contributed by atoms with Gasteiger partial charge in [0.1, 0.15) is 6.10 Å². The van der Waals surface area contributed by atoms with E-state index in [4.69, 9.17) is 22.1 Å². The Morgan fingerprint density at radius 1 is 1.53 bits per heavy atom. The SMILES string of the molecule is CCCCOC(c1ccc(Cl)s1)C(C)N. The van der Waals surface area contributed by atoms with Gasteiger partial charge in [-0.25, -0.2) is 0 Å². The number of ether oxygens (including phenoxy) is 1. The van der Waals surface area contributed by atoms with Crippen LogP contribution in [-0.4, -0.2) is 12.6 Å². The number of rotatable bonds is 6. The maximum atomic E-state index is 5.90. The smallest absolute Gasteiger partial charge is 0.106 e. The minimum Gasteiger partial charge on any atom is -0.371 e. The van der Waals surface area contributed by atoms with Crippen LogP contribution in [0.3, 0.4) is 0 Å². The Balaban J connectivity index is 2.58. The van der Waals surface area contributed by atoms with Crippen molar-refractivity contribution in [3.63, 3.8) is 0 Å². The fourth-order valence-corrected chi connectivity index (χ4v) is 2.56. The van der Waals surface area contributed by atoms with E-state index in [1.165, 1.54) is 0 Å². The molecule has 15 heavy (non-hydrogen) atoms. The van der Waals surface area contributed by atoms with E-state index in [9.17, 15) is 0 Å². The van der Waals surface area contributed by atoms with Crippen LogP contribution >= 0.6 is 22.9 Å². The van der Waals surface area contributed by atoms with Crippen LogP contribution in [0.15, 0.2) is 12.1 Å². The van der Waals surface area contributed by atoms with Crippen molar-refractivity contribution in [3.05, 3.63) is 21.3 Å². The molecule has 1 aromatic heterocycles. The van der Waals surface area contributed by atoms with Crippen molar-refractivity contribution in [2.45, 2.75) is 38.8 Å². The Hall–Kier alpha value is -0.0900. The molecule has 1 heterocycles. The number of thiophene rings is 1. The molecule has 0 aliphatic rings. The second-order valence-corrected chi connectivity index (χ2v) is 5.39. The van der Waals surface area contributed by atoms with Crippen LogP contribution in [0.5, 0.6) is 0 Å². The molecule has 0 amide bonds. The molecule has 2 N–H and O–H groups in total. The molecule has 1 aromatic rings. The third-order valence-corrected chi connectivity index (χ3v) is 3.44. The van der Waals surface area contributed by atoms with Gasteiger partial charge in [-0.1, -0.05) is 24.9 Å². The zero-order valence-corrected chi connectivity index (χ0v) is 10.8. The Morgan fingerprint density at radius 3 is 2.73 bits per heavy atom. The van der Waals surface area contributed by atoms with Gasteiger partial charge in [-0.05, 0) is 25.5 Å². The second-order valence-electron chi connectivity index (χ2n) is 3.65. The first-order valence-corrected chi connectivity index (χ1v) is 6.47. The van der Waals surface area contributed by atoms with E-state index in [1.807, 2.05) is 19.1 Å². The highest BCUT2D eigenvalue weighted by molar-refractivity contribution is 7.16. The third kappa shape index (κ3) is 4.11. The summed E-state index contributed by atoms with van der Waals surface area (Å²) >= 11 is 7.44. The van der Waals surface area contributed by atoms with Gasteiger partial charge in [0, 0.05) is 17.5 Å². The zero-order valence-electron chi connectivity index (χ0n) is 9.20. The molecule has 2 unspecified atom stereocenters. The fourth-order valence-electron chi connectivity index (χ4n) is 1.33. The molecule has 4 heteroatoms. The molecule has 0 aliphatic carbocycles. The maximum Gasteiger partial charge on any atom is 0.106 e. The summed E-state index contributed by atoms with van der Waals surface area (Å²) in [5.41, 5.74) is 5.90. The zero-order chi connectivity index (χ0) is 11.3. The number of halogens is 1. The first-order chi connectivity index (χ1) is 7.15. The minimum absolute atomic E-state index is 0.00317. The molecule has 2 atom stereocenters. The van der Waals surface area contributed by atoms with Gasteiger partial charge in [0.05, 0.1) is 4.34 Å². The first kappa shape index (κ1) is 13.0. The van der Waals surface area contributed by atoms with Crippen LogP contribution in [0.2, 0.25) is 4.34 Å². The molecule has 1 rings (SSSR count). The highest BCUT2D eigenvalue weighted by atomic mass is 35.5. The van der Waals surface area contributed by atoms with Crippen LogP contribution in [0.25, 0.3) is 0 Å². The van der Waals surface area contributed by atoms with Crippen LogP contribution in [0.1, 0.15) is 37.7 Å². The lowest BCUT2D eigenvalue weighted by atomic mass is 10.1. The summed E-state index contributed by atoms with van der Waals surface area (Å²) in [4.78, 5) is 1.12. The number of hydrogen-bond acceptors (Lipinski definition) is 3. The van der Waals surface area contributed by atoms with Crippen LogP contribution < -0.4 is 5.73 Å². The fraction of sp³-hybridized carbons (Fsp3) is 0.636. The Morgan fingerprint density at radius 2 is 2.27 bits per heavy atom. The molecule has 0 radical (unpaired) electrons. The van der Waals surface area contributed by atoms with E-state index in [0.29, 0.717) is 0 Å². The lowest BCUT2D eigenvalue weighted by molar-refractivity contribution is 0.0390. The maximum absolute atomic E-state index is 5.90. The molecular weight excluding hydrogens is 230 g/mol. The second kappa shape index (κ2) is 6.48.